The largest absolute Gasteiger partial charge is 0.330 e. The minimum Gasteiger partial charge on any atom is -0.330 e. The Kier molecular flexibility index (Phi) is 3.32. The number of hydrogen-bond acceptors (Lipinski definition) is 1. The number of para-hydroxylation sites is 1. The molecule has 0 aliphatic rings. The summed E-state index contributed by atoms with van der Waals surface area (Å²) in [6, 6.07) is 10.4. The fourth-order valence-corrected chi connectivity index (χ4v) is 3.66. The topological polar surface area (TPSA) is 20.7 Å². The van der Waals surface area contributed by atoms with Crippen molar-refractivity contribution >= 4 is 55.1 Å². The van der Waals surface area contributed by atoms with Crippen LogP contribution in [0.4, 0.5) is 4.39 Å². The van der Waals surface area contributed by atoms with Crippen LogP contribution in [0.15, 0.2) is 45.3 Å². The number of H-pyrrole nitrogens is 1. The van der Waals surface area contributed by atoms with E-state index in [0.29, 0.717) is 10.3 Å². The molecule has 19 heavy (non-hydrogen) atoms. The lowest BCUT2D eigenvalue weighted by Crippen LogP contribution is -1.96. The number of aromatic amines is 1. The molecule has 1 N–H and O–H groups in total. The molecule has 0 atom stereocenters. The van der Waals surface area contributed by atoms with E-state index in [2.05, 4.69) is 36.8 Å². The van der Waals surface area contributed by atoms with Crippen molar-refractivity contribution in [2.24, 2.45) is 0 Å². The van der Waals surface area contributed by atoms with E-state index in [0.717, 1.165) is 20.1 Å². The summed E-state index contributed by atoms with van der Waals surface area (Å²) < 4.78 is 17.5. The van der Waals surface area contributed by atoms with E-state index < -0.39 is 0 Å². The highest BCUT2D eigenvalue weighted by Gasteiger charge is 2.12. The third-order valence-corrected chi connectivity index (χ3v) is 4.37. The third-order valence-electron chi connectivity index (χ3n) is 2.81. The van der Waals surface area contributed by atoms with Crippen LogP contribution in [-0.4, -0.2) is 9.55 Å². The molecule has 0 fully saturated rings. The molecule has 0 unspecified atom stereocenters. The van der Waals surface area contributed by atoms with Crippen LogP contribution in [0.5, 0.6) is 0 Å². The smallest absolute Gasteiger partial charge is 0.182 e. The fraction of sp³-hybridized carbons (Fsp3) is 0. The normalized spacial score (nSPS) is 11.1. The van der Waals surface area contributed by atoms with Gasteiger partial charge in [0.25, 0.3) is 0 Å². The van der Waals surface area contributed by atoms with E-state index in [-0.39, 0.29) is 5.82 Å². The van der Waals surface area contributed by atoms with Gasteiger partial charge in [0.2, 0.25) is 0 Å². The van der Waals surface area contributed by atoms with Crippen molar-refractivity contribution in [2.45, 2.75) is 0 Å². The van der Waals surface area contributed by atoms with Crippen molar-refractivity contribution in [3.8, 4) is 5.69 Å². The second-order valence-electron chi connectivity index (χ2n) is 4.00. The number of imidazole rings is 1. The van der Waals surface area contributed by atoms with Crippen molar-refractivity contribution in [1.29, 1.82) is 0 Å². The Morgan fingerprint density at radius 1 is 1.11 bits per heavy atom. The molecular formula is C13H7Br2FN2S. The van der Waals surface area contributed by atoms with Gasteiger partial charge in [-0.2, -0.15) is 0 Å². The molecule has 6 heteroatoms. The van der Waals surface area contributed by atoms with Crippen molar-refractivity contribution in [3.05, 3.63) is 55.9 Å². The quantitative estimate of drug-likeness (QED) is 0.545. The molecule has 2 nitrogen and oxygen atoms in total. The summed E-state index contributed by atoms with van der Waals surface area (Å²) in [6.07, 6.45) is 0. The number of nitrogens with one attached hydrogen (secondary N) is 1. The molecule has 96 valence electrons. The Morgan fingerprint density at radius 3 is 2.47 bits per heavy atom. The number of fused-ring (bicyclic) bond motifs is 1. The Hall–Kier alpha value is -0.980. The molecule has 0 bridgehead atoms. The Balaban J connectivity index is 2.43. The molecule has 0 saturated carbocycles. The SMILES string of the molecule is Fc1ccc2c(c1)[nH]c(=S)n2-c1c(Br)cccc1Br. The Bertz CT molecular complexity index is 818. The van der Waals surface area contributed by atoms with Gasteiger partial charge in [-0.1, -0.05) is 6.07 Å². The zero-order valence-corrected chi connectivity index (χ0v) is 13.4. The summed E-state index contributed by atoms with van der Waals surface area (Å²) >= 11 is 12.4. The molecule has 0 aliphatic heterocycles. The van der Waals surface area contributed by atoms with Gasteiger partial charge in [0.1, 0.15) is 5.82 Å². The average Bonchev–Trinajstić information content (AvgIpc) is 2.65. The molecule has 3 aromatic rings. The molecule has 1 aromatic heterocycles. The van der Waals surface area contributed by atoms with E-state index in [1.165, 1.54) is 12.1 Å². The minimum absolute atomic E-state index is 0.290. The Morgan fingerprint density at radius 2 is 1.79 bits per heavy atom. The van der Waals surface area contributed by atoms with Crippen LogP contribution in [0.25, 0.3) is 16.7 Å². The highest BCUT2D eigenvalue weighted by molar-refractivity contribution is 9.11. The van der Waals surface area contributed by atoms with Crippen molar-refractivity contribution < 1.29 is 4.39 Å². The molecule has 0 radical (unpaired) electrons. The maximum atomic E-state index is 13.3. The Labute approximate surface area is 130 Å². The van der Waals surface area contributed by atoms with Gasteiger partial charge in [-0.25, -0.2) is 4.39 Å². The summed E-state index contributed by atoms with van der Waals surface area (Å²) in [5.41, 5.74) is 2.40. The maximum absolute atomic E-state index is 13.3. The first kappa shape index (κ1) is 13.0. The van der Waals surface area contributed by atoms with E-state index in [4.69, 9.17) is 12.2 Å². The van der Waals surface area contributed by atoms with Crippen LogP contribution in [0, 0.1) is 10.6 Å². The first-order valence-corrected chi connectivity index (χ1v) is 7.42. The first-order valence-electron chi connectivity index (χ1n) is 5.42. The minimum atomic E-state index is -0.290. The van der Waals surface area contributed by atoms with E-state index in [1.807, 2.05) is 22.8 Å². The monoisotopic (exact) mass is 400 g/mol. The van der Waals surface area contributed by atoms with Crippen molar-refractivity contribution in [1.82, 2.24) is 9.55 Å². The lowest BCUT2D eigenvalue weighted by Gasteiger charge is -2.09. The van der Waals surface area contributed by atoms with Gasteiger partial charge in [0.05, 0.1) is 16.7 Å². The summed E-state index contributed by atoms with van der Waals surface area (Å²) in [5.74, 6) is -0.290. The highest BCUT2D eigenvalue weighted by Crippen LogP contribution is 2.32. The first-order chi connectivity index (χ1) is 9.08. The van der Waals surface area contributed by atoms with Gasteiger partial charge in [-0.15, -0.1) is 0 Å². The molecule has 3 rings (SSSR count). The van der Waals surface area contributed by atoms with E-state index >= 15 is 0 Å². The summed E-state index contributed by atoms with van der Waals surface area (Å²) in [5, 5.41) is 0. The van der Waals surface area contributed by atoms with Crippen LogP contribution in [0.2, 0.25) is 0 Å². The number of aromatic nitrogens is 2. The van der Waals surface area contributed by atoms with Crippen molar-refractivity contribution in [3.63, 3.8) is 0 Å². The standard InChI is InChI=1S/C13H7Br2FN2S/c14-8-2-1-3-9(15)12(8)18-11-5-4-7(16)6-10(11)17-13(18)19/h1-6H,(H,17,19). The lowest BCUT2D eigenvalue weighted by atomic mass is 10.2. The van der Waals surface area contributed by atoms with E-state index in [1.54, 1.807) is 6.07 Å². The van der Waals surface area contributed by atoms with Crippen LogP contribution in [-0.2, 0) is 0 Å². The van der Waals surface area contributed by atoms with E-state index in [9.17, 15) is 4.39 Å². The predicted octanol–water partition coefficient (Wildman–Crippen LogP) is 5.35. The maximum Gasteiger partial charge on any atom is 0.182 e. The third kappa shape index (κ3) is 2.17. The molecule has 0 amide bonds. The van der Waals surface area contributed by atoms with Crippen molar-refractivity contribution in [2.75, 3.05) is 0 Å². The molecule has 0 aliphatic carbocycles. The number of hydrogen-bond donors (Lipinski definition) is 1. The van der Waals surface area contributed by atoms with Gasteiger partial charge in [-0.3, -0.25) is 4.57 Å². The lowest BCUT2D eigenvalue weighted by molar-refractivity contribution is 0.629. The number of halogens is 3. The van der Waals surface area contributed by atoms with Gasteiger partial charge < -0.3 is 4.98 Å². The van der Waals surface area contributed by atoms with Gasteiger partial charge in [-0.05, 0) is 74.4 Å². The molecular weight excluding hydrogens is 395 g/mol. The van der Waals surface area contributed by atoms with Crippen LogP contribution >= 0.6 is 44.1 Å². The number of benzene rings is 2. The summed E-state index contributed by atoms with van der Waals surface area (Å²) in [7, 11) is 0. The zero-order valence-electron chi connectivity index (χ0n) is 9.45. The molecule has 0 saturated heterocycles. The average molecular weight is 402 g/mol. The van der Waals surface area contributed by atoms with Crippen LogP contribution in [0.1, 0.15) is 0 Å². The number of rotatable bonds is 1. The second-order valence-corrected chi connectivity index (χ2v) is 6.09. The molecule has 0 spiro atoms. The fourth-order valence-electron chi connectivity index (χ4n) is 2.01. The molecule has 2 aromatic carbocycles. The zero-order chi connectivity index (χ0) is 13.6. The summed E-state index contributed by atoms with van der Waals surface area (Å²) in [6.45, 7) is 0. The predicted molar refractivity (Wildman–Crippen MR) is 83.8 cm³/mol. The van der Waals surface area contributed by atoms with Gasteiger partial charge >= 0.3 is 0 Å². The highest BCUT2D eigenvalue weighted by atomic mass is 79.9. The van der Waals surface area contributed by atoms with Gasteiger partial charge in [0, 0.05) is 8.95 Å². The second kappa shape index (κ2) is 4.85. The molecule has 1 heterocycles. The number of nitrogens with zero attached hydrogens (tertiary/aromatic N) is 1. The summed E-state index contributed by atoms with van der Waals surface area (Å²) in [4.78, 5) is 3.02. The van der Waals surface area contributed by atoms with Gasteiger partial charge in [0.15, 0.2) is 4.77 Å². The van der Waals surface area contributed by atoms with Crippen LogP contribution in [0.3, 0.4) is 0 Å². The van der Waals surface area contributed by atoms with Crippen LogP contribution < -0.4 is 0 Å².